The summed E-state index contributed by atoms with van der Waals surface area (Å²) in [5.74, 6) is -0.513. The highest BCUT2D eigenvalue weighted by molar-refractivity contribution is 5.94. The standard InChI is InChI=1S/C17H23N3O3/c1-12(18-17(23)13-6-4-3-5-7-13)10-16(22)20(2)11-15(21)19-14-8-9-14/h3-7,12,14H,8-11H2,1-2H3,(H,18,23)(H,19,21). The zero-order valence-corrected chi connectivity index (χ0v) is 13.5. The summed E-state index contributed by atoms with van der Waals surface area (Å²) in [7, 11) is 1.60. The Bertz CT molecular complexity index is 570. The fraction of sp³-hybridized carbons (Fsp3) is 0.471. The molecule has 2 N–H and O–H groups in total. The third-order valence-corrected chi connectivity index (χ3v) is 3.64. The number of nitrogens with one attached hydrogen (secondary N) is 2. The average Bonchev–Trinajstić information content (AvgIpc) is 3.31. The topological polar surface area (TPSA) is 78.5 Å². The lowest BCUT2D eigenvalue weighted by Gasteiger charge is -2.20. The first kappa shape index (κ1) is 17.0. The van der Waals surface area contributed by atoms with Gasteiger partial charge in [0, 0.05) is 31.1 Å². The highest BCUT2D eigenvalue weighted by Crippen LogP contribution is 2.18. The van der Waals surface area contributed by atoms with Gasteiger partial charge in [0.15, 0.2) is 0 Å². The van der Waals surface area contributed by atoms with Crippen LogP contribution in [0.2, 0.25) is 0 Å². The van der Waals surface area contributed by atoms with Gasteiger partial charge in [0.25, 0.3) is 5.91 Å². The van der Waals surface area contributed by atoms with Gasteiger partial charge in [0.1, 0.15) is 0 Å². The first-order valence-corrected chi connectivity index (χ1v) is 7.85. The molecule has 1 aliphatic rings. The van der Waals surface area contributed by atoms with Crippen LogP contribution in [-0.2, 0) is 9.59 Å². The molecule has 1 atom stereocenters. The molecule has 0 heterocycles. The van der Waals surface area contributed by atoms with E-state index in [1.807, 2.05) is 6.07 Å². The summed E-state index contributed by atoms with van der Waals surface area (Å²) in [5, 5.41) is 5.63. The van der Waals surface area contributed by atoms with E-state index in [-0.39, 0.29) is 42.8 Å². The molecule has 0 bridgehead atoms. The summed E-state index contributed by atoms with van der Waals surface area (Å²) in [6, 6.07) is 8.84. The summed E-state index contributed by atoms with van der Waals surface area (Å²) in [6.07, 6.45) is 2.20. The second-order valence-electron chi connectivity index (χ2n) is 6.04. The molecule has 0 aromatic heterocycles. The largest absolute Gasteiger partial charge is 0.352 e. The highest BCUT2D eigenvalue weighted by Gasteiger charge is 2.24. The van der Waals surface area contributed by atoms with Gasteiger partial charge in [-0.05, 0) is 31.9 Å². The molecule has 0 spiro atoms. The van der Waals surface area contributed by atoms with Crippen molar-refractivity contribution in [2.24, 2.45) is 0 Å². The van der Waals surface area contributed by atoms with E-state index in [1.54, 1.807) is 38.2 Å². The van der Waals surface area contributed by atoms with Crippen molar-refractivity contribution in [3.8, 4) is 0 Å². The minimum absolute atomic E-state index is 0.0503. The number of carbonyl (C=O) groups excluding carboxylic acids is 3. The van der Waals surface area contributed by atoms with Crippen molar-refractivity contribution in [1.82, 2.24) is 15.5 Å². The van der Waals surface area contributed by atoms with Crippen LogP contribution in [0.5, 0.6) is 0 Å². The predicted molar refractivity (Wildman–Crippen MR) is 86.8 cm³/mol. The third-order valence-electron chi connectivity index (χ3n) is 3.64. The smallest absolute Gasteiger partial charge is 0.251 e. The van der Waals surface area contributed by atoms with E-state index in [0.717, 1.165) is 12.8 Å². The van der Waals surface area contributed by atoms with E-state index in [1.165, 1.54) is 4.90 Å². The molecule has 0 radical (unpaired) electrons. The summed E-state index contributed by atoms with van der Waals surface area (Å²) < 4.78 is 0. The Morgan fingerprint density at radius 2 is 1.87 bits per heavy atom. The molecule has 1 aliphatic carbocycles. The van der Waals surface area contributed by atoms with Crippen LogP contribution in [0.3, 0.4) is 0 Å². The van der Waals surface area contributed by atoms with Crippen molar-refractivity contribution in [3.05, 3.63) is 35.9 Å². The minimum atomic E-state index is -0.302. The number of carbonyl (C=O) groups is 3. The Morgan fingerprint density at radius 3 is 2.48 bits per heavy atom. The predicted octanol–water partition coefficient (Wildman–Crippen LogP) is 0.932. The number of hydrogen-bond acceptors (Lipinski definition) is 3. The normalized spacial score (nSPS) is 14.7. The number of rotatable bonds is 7. The van der Waals surface area contributed by atoms with E-state index in [0.29, 0.717) is 5.56 Å². The maximum absolute atomic E-state index is 12.1. The Hall–Kier alpha value is -2.37. The summed E-state index contributed by atoms with van der Waals surface area (Å²) in [6.45, 7) is 1.82. The SMILES string of the molecule is CC(CC(=O)N(C)CC(=O)NC1CC1)NC(=O)c1ccccc1. The van der Waals surface area contributed by atoms with Gasteiger partial charge in [0.2, 0.25) is 11.8 Å². The Kier molecular flexibility index (Phi) is 5.73. The zero-order valence-electron chi connectivity index (χ0n) is 13.5. The van der Waals surface area contributed by atoms with Gasteiger partial charge in [-0.1, -0.05) is 18.2 Å². The van der Waals surface area contributed by atoms with E-state index < -0.39 is 0 Å². The molecule has 1 unspecified atom stereocenters. The molecule has 3 amide bonds. The lowest BCUT2D eigenvalue weighted by Crippen LogP contribution is -2.42. The molecule has 1 fully saturated rings. The first-order chi connectivity index (χ1) is 11.0. The van der Waals surface area contributed by atoms with Gasteiger partial charge in [-0.3, -0.25) is 14.4 Å². The number of nitrogens with zero attached hydrogens (tertiary/aromatic N) is 1. The number of hydrogen-bond donors (Lipinski definition) is 2. The van der Waals surface area contributed by atoms with Crippen molar-refractivity contribution in [1.29, 1.82) is 0 Å². The van der Waals surface area contributed by atoms with E-state index in [2.05, 4.69) is 10.6 Å². The van der Waals surface area contributed by atoms with Crippen LogP contribution in [0.4, 0.5) is 0 Å². The minimum Gasteiger partial charge on any atom is -0.352 e. The van der Waals surface area contributed by atoms with Gasteiger partial charge >= 0.3 is 0 Å². The molecule has 0 aliphatic heterocycles. The number of benzene rings is 1. The van der Waals surface area contributed by atoms with E-state index in [4.69, 9.17) is 0 Å². The van der Waals surface area contributed by atoms with Crippen LogP contribution in [0.25, 0.3) is 0 Å². The van der Waals surface area contributed by atoms with Crippen LogP contribution >= 0.6 is 0 Å². The average molecular weight is 317 g/mol. The van der Waals surface area contributed by atoms with Gasteiger partial charge in [-0.15, -0.1) is 0 Å². The second-order valence-corrected chi connectivity index (χ2v) is 6.04. The van der Waals surface area contributed by atoms with Crippen molar-refractivity contribution >= 4 is 17.7 Å². The van der Waals surface area contributed by atoms with Crippen molar-refractivity contribution in [2.75, 3.05) is 13.6 Å². The monoisotopic (exact) mass is 317 g/mol. The molecular weight excluding hydrogens is 294 g/mol. The van der Waals surface area contributed by atoms with Crippen molar-refractivity contribution < 1.29 is 14.4 Å². The number of amides is 3. The summed E-state index contributed by atoms with van der Waals surface area (Å²) in [4.78, 5) is 37.2. The van der Waals surface area contributed by atoms with Crippen molar-refractivity contribution in [3.63, 3.8) is 0 Å². The van der Waals surface area contributed by atoms with E-state index >= 15 is 0 Å². The molecule has 1 aromatic carbocycles. The Morgan fingerprint density at radius 1 is 1.22 bits per heavy atom. The first-order valence-electron chi connectivity index (χ1n) is 7.85. The molecule has 1 aromatic rings. The number of likely N-dealkylation sites (N-methyl/N-ethyl adjacent to an activating group) is 1. The molecule has 124 valence electrons. The molecule has 1 saturated carbocycles. The maximum atomic E-state index is 12.1. The van der Waals surface area contributed by atoms with Gasteiger partial charge in [0.05, 0.1) is 6.54 Å². The van der Waals surface area contributed by atoms with Crippen LogP contribution in [-0.4, -0.2) is 48.3 Å². The van der Waals surface area contributed by atoms with Crippen LogP contribution in [0.15, 0.2) is 30.3 Å². The van der Waals surface area contributed by atoms with Crippen molar-refractivity contribution in [2.45, 2.75) is 38.3 Å². The Balaban J connectivity index is 1.74. The van der Waals surface area contributed by atoms with Crippen LogP contribution in [0.1, 0.15) is 36.5 Å². The third kappa shape index (κ3) is 5.73. The maximum Gasteiger partial charge on any atom is 0.251 e. The molecule has 0 saturated heterocycles. The summed E-state index contributed by atoms with van der Waals surface area (Å²) >= 11 is 0. The molecule has 6 heteroatoms. The van der Waals surface area contributed by atoms with Crippen LogP contribution in [0, 0.1) is 0 Å². The quantitative estimate of drug-likeness (QED) is 0.785. The Labute approximate surface area is 136 Å². The molecule has 2 rings (SSSR count). The van der Waals surface area contributed by atoms with Gasteiger partial charge in [-0.2, -0.15) is 0 Å². The molecule has 23 heavy (non-hydrogen) atoms. The second kappa shape index (κ2) is 7.76. The zero-order chi connectivity index (χ0) is 16.8. The summed E-state index contributed by atoms with van der Waals surface area (Å²) in [5.41, 5.74) is 0.559. The lowest BCUT2D eigenvalue weighted by atomic mass is 10.1. The van der Waals surface area contributed by atoms with Gasteiger partial charge in [-0.25, -0.2) is 0 Å². The fourth-order valence-corrected chi connectivity index (χ4v) is 2.17. The lowest BCUT2D eigenvalue weighted by molar-refractivity contribution is -0.135. The van der Waals surface area contributed by atoms with Crippen LogP contribution < -0.4 is 10.6 Å². The highest BCUT2D eigenvalue weighted by atomic mass is 16.2. The van der Waals surface area contributed by atoms with Gasteiger partial charge < -0.3 is 15.5 Å². The van der Waals surface area contributed by atoms with E-state index in [9.17, 15) is 14.4 Å². The molecular formula is C17H23N3O3. The fourth-order valence-electron chi connectivity index (χ4n) is 2.17. The molecule has 6 nitrogen and oxygen atoms in total.